The number of rotatable bonds is 5. The lowest BCUT2D eigenvalue weighted by molar-refractivity contribution is 0.168. The number of nitrogens with two attached hydrogens (primary N) is 1. The van der Waals surface area contributed by atoms with E-state index in [1.165, 1.54) is 0 Å². The summed E-state index contributed by atoms with van der Waals surface area (Å²) in [5.74, 6) is 8.19. The summed E-state index contributed by atoms with van der Waals surface area (Å²) in [5, 5.41) is 0. The minimum Gasteiger partial charge on any atom is -0.493 e. The van der Waals surface area contributed by atoms with Crippen LogP contribution >= 0.6 is 0 Å². The van der Waals surface area contributed by atoms with Crippen molar-refractivity contribution in [1.29, 1.82) is 0 Å². The molecule has 4 heterocycles. The average molecular weight is 484 g/mol. The van der Waals surface area contributed by atoms with Crippen molar-refractivity contribution in [3.63, 3.8) is 0 Å². The zero-order valence-electron chi connectivity index (χ0n) is 20.9. The number of pyridine rings is 2. The number of hydrogen-bond donors (Lipinski definition) is 1. The molecule has 1 aromatic carbocycles. The van der Waals surface area contributed by atoms with Crippen LogP contribution in [0.5, 0.6) is 17.4 Å². The molecule has 2 N–H and O–H groups in total. The lowest BCUT2D eigenvalue weighted by Gasteiger charge is -2.28. The molecular formula is C28H29N5O3. The predicted octanol–water partition coefficient (Wildman–Crippen LogP) is 4.05. The fourth-order valence-corrected chi connectivity index (χ4v) is 4.27. The van der Waals surface area contributed by atoms with Crippen LogP contribution in [-0.4, -0.2) is 39.3 Å². The molecule has 0 saturated carbocycles. The minimum absolute atomic E-state index is 0.0837. The van der Waals surface area contributed by atoms with E-state index in [9.17, 15) is 0 Å². The Labute approximate surface area is 210 Å². The second-order valence-electron chi connectivity index (χ2n) is 9.48. The molecule has 0 fully saturated rings. The van der Waals surface area contributed by atoms with Gasteiger partial charge in [0.25, 0.3) is 0 Å². The van der Waals surface area contributed by atoms with Crippen LogP contribution < -0.4 is 19.9 Å². The number of nitrogens with zero attached hydrogens (tertiary/aromatic N) is 4. The first-order chi connectivity index (χ1) is 17.3. The molecule has 8 nitrogen and oxygen atoms in total. The van der Waals surface area contributed by atoms with Crippen molar-refractivity contribution in [3.05, 3.63) is 71.3 Å². The summed E-state index contributed by atoms with van der Waals surface area (Å²) < 4.78 is 19.3. The van der Waals surface area contributed by atoms with E-state index in [-0.39, 0.29) is 6.10 Å². The van der Waals surface area contributed by atoms with Crippen molar-refractivity contribution in [2.45, 2.75) is 44.9 Å². The summed E-state index contributed by atoms with van der Waals surface area (Å²) in [6.07, 6.45) is 7.01. The summed E-state index contributed by atoms with van der Waals surface area (Å²) in [6.45, 7) is 4.35. The zero-order valence-corrected chi connectivity index (χ0v) is 20.9. The van der Waals surface area contributed by atoms with Crippen LogP contribution in [0.1, 0.15) is 48.6 Å². The normalized spacial score (nSPS) is 15.0. The Hall–Kier alpha value is -4.09. The van der Waals surface area contributed by atoms with Gasteiger partial charge in [0.1, 0.15) is 11.6 Å². The summed E-state index contributed by atoms with van der Waals surface area (Å²) in [4.78, 5) is 13.5. The summed E-state index contributed by atoms with van der Waals surface area (Å²) in [7, 11) is 3.27. The predicted molar refractivity (Wildman–Crippen MR) is 137 cm³/mol. The fraction of sp³-hybridized carbons (Fsp3) is 0.321. The molecule has 36 heavy (non-hydrogen) atoms. The van der Waals surface area contributed by atoms with Crippen LogP contribution in [0.2, 0.25) is 0 Å². The molecule has 3 aromatic heterocycles. The standard InChI is InChI=1S/C28H29N5O3/c1-28(2,29)10-9-18-12-22-27(31-14-18)33(17-32-22)16-19-11-20-5-7-23(36-26(20)24(13-19)34-3)21-6-8-25(35-4)30-15-21/h6,8,11-15,17,23H,5,7,16,29H2,1-4H3. The third-order valence-corrected chi connectivity index (χ3v) is 6.03. The third-order valence-electron chi connectivity index (χ3n) is 6.03. The van der Waals surface area contributed by atoms with Crippen LogP contribution in [0, 0.1) is 11.8 Å². The minimum atomic E-state index is -0.560. The van der Waals surface area contributed by atoms with E-state index < -0.39 is 5.54 Å². The van der Waals surface area contributed by atoms with E-state index in [1.54, 1.807) is 32.9 Å². The van der Waals surface area contributed by atoms with Gasteiger partial charge < -0.3 is 24.5 Å². The molecule has 4 aromatic rings. The lowest BCUT2D eigenvalue weighted by Crippen LogP contribution is -2.29. The van der Waals surface area contributed by atoms with Gasteiger partial charge in [-0.15, -0.1) is 0 Å². The Morgan fingerprint density at radius 2 is 1.97 bits per heavy atom. The van der Waals surface area contributed by atoms with Crippen LogP contribution in [0.15, 0.2) is 49.1 Å². The molecule has 1 unspecified atom stereocenters. The first kappa shape index (κ1) is 23.6. The highest BCUT2D eigenvalue weighted by atomic mass is 16.5. The van der Waals surface area contributed by atoms with Crippen LogP contribution in [-0.2, 0) is 13.0 Å². The van der Waals surface area contributed by atoms with Gasteiger partial charge in [0.15, 0.2) is 17.1 Å². The Kier molecular flexibility index (Phi) is 6.25. The van der Waals surface area contributed by atoms with Gasteiger partial charge in [0, 0.05) is 29.6 Å². The molecule has 8 heteroatoms. The fourth-order valence-electron chi connectivity index (χ4n) is 4.27. The maximum absolute atomic E-state index is 6.37. The second kappa shape index (κ2) is 9.51. The molecule has 0 aliphatic carbocycles. The number of methoxy groups -OCH3 is 2. The topological polar surface area (TPSA) is 97.3 Å². The van der Waals surface area contributed by atoms with Crippen molar-refractivity contribution >= 4 is 11.2 Å². The van der Waals surface area contributed by atoms with Gasteiger partial charge in [-0.25, -0.2) is 15.0 Å². The number of hydrogen-bond acceptors (Lipinski definition) is 7. The van der Waals surface area contributed by atoms with Crippen molar-refractivity contribution < 1.29 is 14.2 Å². The largest absolute Gasteiger partial charge is 0.493 e. The molecule has 1 aliphatic rings. The molecule has 184 valence electrons. The van der Waals surface area contributed by atoms with E-state index in [4.69, 9.17) is 19.9 Å². The highest BCUT2D eigenvalue weighted by molar-refractivity contribution is 5.72. The van der Waals surface area contributed by atoms with Gasteiger partial charge in [-0.05, 0) is 56.0 Å². The monoisotopic (exact) mass is 483 g/mol. The Morgan fingerprint density at radius 1 is 1.11 bits per heavy atom. The maximum Gasteiger partial charge on any atom is 0.212 e. The van der Waals surface area contributed by atoms with E-state index in [2.05, 4.69) is 32.9 Å². The van der Waals surface area contributed by atoms with E-state index >= 15 is 0 Å². The average Bonchev–Trinajstić information content (AvgIpc) is 3.28. The Bertz CT molecular complexity index is 1440. The van der Waals surface area contributed by atoms with Gasteiger partial charge in [0.2, 0.25) is 5.88 Å². The summed E-state index contributed by atoms with van der Waals surface area (Å²) in [6, 6.07) is 9.98. The SMILES string of the molecule is COc1ccc(C2CCc3cc(Cn4cnc5cc(C#CC(C)(C)N)cnc54)cc(OC)c3O2)cn1. The van der Waals surface area contributed by atoms with Crippen molar-refractivity contribution in [1.82, 2.24) is 19.5 Å². The third kappa shape index (κ3) is 4.97. The number of imidazole rings is 1. The molecule has 0 saturated heterocycles. The zero-order chi connectivity index (χ0) is 25.3. The number of ether oxygens (including phenoxy) is 3. The van der Waals surface area contributed by atoms with Gasteiger partial charge in [-0.1, -0.05) is 17.9 Å². The number of benzene rings is 1. The van der Waals surface area contributed by atoms with Crippen molar-refractivity contribution in [2.75, 3.05) is 14.2 Å². The smallest absolute Gasteiger partial charge is 0.212 e. The molecule has 1 atom stereocenters. The Balaban J connectivity index is 1.38. The second-order valence-corrected chi connectivity index (χ2v) is 9.48. The van der Waals surface area contributed by atoms with E-state index in [0.717, 1.165) is 52.0 Å². The highest BCUT2D eigenvalue weighted by Gasteiger charge is 2.25. The first-order valence-corrected chi connectivity index (χ1v) is 11.8. The van der Waals surface area contributed by atoms with Crippen LogP contribution in [0.3, 0.4) is 0 Å². The van der Waals surface area contributed by atoms with Crippen molar-refractivity contribution in [3.8, 4) is 29.2 Å². The lowest BCUT2D eigenvalue weighted by atomic mass is 9.96. The number of aromatic nitrogens is 4. The Morgan fingerprint density at radius 3 is 2.69 bits per heavy atom. The van der Waals surface area contributed by atoms with E-state index in [1.807, 2.05) is 42.7 Å². The quantitative estimate of drug-likeness (QED) is 0.428. The van der Waals surface area contributed by atoms with Gasteiger partial charge in [-0.2, -0.15) is 0 Å². The van der Waals surface area contributed by atoms with Crippen LogP contribution in [0.25, 0.3) is 11.2 Å². The molecule has 0 radical (unpaired) electrons. The maximum atomic E-state index is 6.37. The highest BCUT2D eigenvalue weighted by Crippen LogP contribution is 2.42. The molecule has 0 bridgehead atoms. The van der Waals surface area contributed by atoms with Gasteiger partial charge >= 0.3 is 0 Å². The summed E-state index contributed by atoms with van der Waals surface area (Å²) >= 11 is 0. The molecular weight excluding hydrogens is 454 g/mol. The van der Waals surface area contributed by atoms with Crippen LogP contribution in [0.4, 0.5) is 0 Å². The number of fused-ring (bicyclic) bond motifs is 2. The molecule has 0 spiro atoms. The molecule has 5 rings (SSSR count). The van der Waals surface area contributed by atoms with Gasteiger partial charge in [-0.3, -0.25) is 0 Å². The van der Waals surface area contributed by atoms with E-state index in [0.29, 0.717) is 18.2 Å². The van der Waals surface area contributed by atoms with Crippen molar-refractivity contribution in [2.24, 2.45) is 5.73 Å². The first-order valence-electron chi connectivity index (χ1n) is 11.8. The molecule has 1 aliphatic heterocycles. The summed E-state index contributed by atoms with van der Waals surface area (Å²) in [5.41, 5.74) is 11.0. The van der Waals surface area contributed by atoms with Gasteiger partial charge in [0.05, 0.1) is 32.6 Å². The molecule has 0 amide bonds. The number of aryl methyl sites for hydroxylation is 1.